The summed E-state index contributed by atoms with van der Waals surface area (Å²) in [4.78, 5) is 0. The Morgan fingerprint density at radius 2 is 1.67 bits per heavy atom. The van der Waals surface area contributed by atoms with Crippen LogP contribution in [-0.2, 0) is 0 Å². The van der Waals surface area contributed by atoms with Crippen LogP contribution >= 0.6 is 24.0 Å². The Labute approximate surface area is 68.8 Å². The number of hydrogen-bond donors (Lipinski definition) is 1. The van der Waals surface area contributed by atoms with Crippen LogP contribution in [0.5, 0.6) is 0 Å². The summed E-state index contributed by atoms with van der Waals surface area (Å²) in [7, 11) is 0. The molecule has 2 N–H and O–H groups in total. The number of alkyl halides is 3. The van der Waals surface area contributed by atoms with Gasteiger partial charge in [-0.2, -0.15) is 0 Å². The van der Waals surface area contributed by atoms with Crippen molar-refractivity contribution in [2.75, 3.05) is 13.2 Å². The van der Waals surface area contributed by atoms with E-state index in [-0.39, 0.29) is 24.0 Å². The highest BCUT2D eigenvalue weighted by Gasteiger charge is 2.17. The molecule has 0 amide bonds. The average Bonchev–Trinajstić information content (AvgIpc) is 1.84. The molecule has 0 aliphatic rings. The van der Waals surface area contributed by atoms with E-state index in [2.05, 4.69) is 5.73 Å². The molecule has 0 heterocycles. The lowest BCUT2D eigenvalue weighted by molar-refractivity contribution is 0.143. The van der Waals surface area contributed by atoms with Crippen LogP contribution in [0.15, 0.2) is 0 Å². The zero-order valence-corrected chi connectivity index (χ0v) is 7.02. The smallest absolute Gasteiger partial charge is 0.161 e. The van der Waals surface area contributed by atoms with Crippen molar-refractivity contribution in [2.24, 2.45) is 5.73 Å². The third-order valence-electron chi connectivity index (χ3n) is 0.765. The highest BCUT2D eigenvalue weighted by atomic mass is 127. The maximum atomic E-state index is 11.8. The van der Waals surface area contributed by atoms with Crippen molar-refractivity contribution in [3.05, 3.63) is 0 Å². The Kier molecular flexibility index (Phi) is 8.93. The van der Waals surface area contributed by atoms with Crippen LogP contribution in [0.25, 0.3) is 0 Å². The van der Waals surface area contributed by atoms with E-state index in [9.17, 15) is 13.2 Å². The Hall–Kier alpha value is 0.480. The topological polar surface area (TPSA) is 26.0 Å². The molecule has 1 nitrogen and oxygen atoms in total. The number of nitrogens with two attached hydrogens (primary N) is 1. The summed E-state index contributed by atoms with van der Waals surface area (Å²) in [5.41, 5.74) is 4.67. The third kappa shape index (κ3) is 4.95. The van der Waals surface area contributed by atoms with Crippen LogP contribution in [-0.4, -0.2) is 25.6 Å². The molecule has 5 heteroatoms. The summed E-state index contributed by atoms with van der Waals surface area (Å²) in [5.74, 6) is 0. The summed E-state index contributed by atoms with van der Waals surface area (Å²) < 4.78 is 34.6. The molecule has 2 atom stereocenters. The van der Waals surface area contributed by atoms with Gasteiger partial charge in [0.15, 0.2) is 6.17 Å². The molecule has 0 spiro atoms. The first-order valence-electron chi connectivity index (χ1n) is 2.26. The molecule has 2 unspecified atom stereocenters. The number of rotatable bonds is 3. The molecule has 0 aromatic rings. The minimum Gasteiger partial charge on any atom is -0.328 e. The second-order valence-electron chi connectivity index (χ2n) is 1.42. The van der Waals surface area contributed by atoms with Crippen molar-refractivity contribution in [3.63, 3.8) is 0 Å². The molecule has 0 aliphatic carbocycles. The fourth-order valence-electron chi connectivity index (χ4n) is 0.244. The van der Waals surface area contributed by atoms with Crippen molar-refractivity contribution in [2.45, 2.75) is 12.3 Å². The fourth-order valence-corrected chi connectivity index (χ4v) is 0.244. The molecule has 58 valence electrons. The Morgan fingerprint density at radius 3 is 1.78 bits per heavy atom. The second kappa shape index (κ2) is 6.60. The minimum atomic E-state index is -2.04. The average molecular weight is 255 g/mol. The van der Waals surface area contributed by atoms with Gasteiger partial charge in [-0.15, -0.1) is 24.0 Å². The van der Waals surface area contributed by atoms with Gasteiger partial charge in [0.1, 0.15) is 12.8 Å². The first-order valence-corrected chi connectivity index (χ1v) is 2.26. The van der Waals surface area contributed by atoms with Gasteiger partial charge in [0.05, 0.1) is 0 Å². The van der Waals surface area contributed by atoms with Gasteiger partial charge in [-0.05, 0) is 0 Å². The quantitative estimate of drug-likeness (QED) is 0.753. The molecule has 0 rings (SSSR count). The maximum absolute atomic E-state index is 11.8. The van der Waals surface area contributed by atoms with E-state index in [0.717, 1.165) is 0 Å². The van der Waals surface area contributed by atoms with Gasteiger partial charge in [0.25, 0.3) is 0 Å². The standard InChI is InChI=1S/C4H8F3N.HI/c5-1-3(6)4(7)2-8;/h3-4H,1-2,8H2;1H. The lowest BCUT2D eigenvalue weighted by Crippen LogP contribution is -2.27. The first kappa shape index (κ1) is 12.2. The van der Waals surface area contributed by atoms with Crippen molar-refractivity contribution < 1.29 is 13.2 Å². The van der Waals surface area contributed by atoms with Crippen molar-refractivity contribution in [1.29, 1.82) is 0 Å². The molecule has 0 saturated heterocycles. The summed E-state index contributed by atoms with van der Waals surface area (Å²) >= 11 is 0. The van der Waals surface area contributed by atoms with Crippen LogP contribution in [0, 0.1) is 0 Å². The minimum absolute atomic E-state index is 0. The highest BCUT2D eigenvalue weighted by Crippen LogP contribution is 2.01. The van der Waals surface area contributed by atoms with Gasteiger partial charge in [-0.25, -0.2) is 13.2 Å². The van der Waals surface area contributed by atoms with E-state index >= 15 is 0 Å². The second-order valence-corrected chi connectivity index (χ2v) is 1.42. The Bertz CT molecular complexity index is 55.8. The maximum Gasteiger partial charge on any atom is 0.161 e. The van der Waals surface area contributed by atoms with Gasteiger partial charge < -0.3 is 5.73 Å². The zero-order valence-electron chi connectivity index (χ0n) is 4.69. The molecular formula is C4H9F3IN. The van der Waals surface area contributed by atoms with Crippen molar-refractivity contribution >= 4 is 24.0 Å². The van der Waals surface area contributed by atoms with Crippen molar-refractivity contribution in [3.8, 4) is 0 Å². The lowest BCUT2D eigenvalue weighted by atomic mass is 10.3. The Morgan fingerprint density at radius 1 is 1.22 bits per heavy atom. The molecule has 0 bridgehead atoms. The van der Waals surface area contributed by atoms with E-state index in [0.29, 0.717) is 0 Å². The predicted octanol–water partition coefficient (Wildman–Crippen LogP) is 1.21. The highest BCUT2D eigenvalue weighted by molar-refractivity contribution is 14.0. The van der Waals surface area contributed by atoms with E-state index in [4.69, 9.17) is 0 Å². The van der Waals surface area contributed by atoms with E-state index in [1.54, 1.807) is 0 Å². The van der Waals surface area contributed by atoms with E-state index in [1.165, 1.54) is 0 Å². The van der Waals surface area contributed by atoms with Gasteiger partial charge in [-0.3, -0.25) is 0 Å². The predicted molar refractivity (Wildman–Crippen MR) is 40.2 cm³/mol. The van der Waals surface area contributed by atoms with Gasteiger partial charge in [0.2, 0.25) is 0 Å². The third-order valence-corrected chi connectivity index (χ3v) is 0.765. The SMILES string of the molecule is I.NCC(F)C(F)CF. The number of hydrogen-bond acceptors (Lipinski definition) is 1. The van der Waals surface area contributed by atoms with Crippen molar-refractivity contribution in [1.82, 2.24) is 0 Å². The summed E-state index contributed by atoms with van der Waals surface area (Å²) in [6.07, 6.45) is -3.89. The zero-order chi connectivity index (χ0) is 6.57. The molecule has 0 radical (unpaired) electrons. The molecule has 0 saturated carbocycles. The molecule has 0 aliphatic heterocycles. The number of halogens is 4. The van der Waals surface area contributed by atoms with Crippen LogP contribution in [0.3, 0.4) is 0 Å². The normalized spacial score (nSPS) is 16.0. The van der Waals surface area contributed by atoms with Crippen LogP contribution in [0.4, 0.5) is 13.2 Å². The molecule has 0 aromatic carbocycles. The van der Waals surface area contributed by atoms with Crippen LogP contribution in [0.2, 0.25) is 0 Å². The van der Waals surface area contributed by atoms with Gasteiger partial charge >= 0.3 is 0 Å². The monoisotopic (exact) mass is 255 g/mol. The largest absolute Gasteiger partial charge is 0.328 e. The molecule has 0 aromatic heterocycles. The molecule has 9 heavy (non-hydrogen) atoms. The first-order chi connectivity index (χ1) is 3.72. The summed E-state index contributed by atoms with van der Waals surface area (Å²) in [6.45, 7) is -1.75. The molecule has 0 fully saturated rings. The van der Waals surface area contributed by atoms with Gasteiger partial charge in [-0.1, -0.05) is 0 Å². The van der Waals surface area contributed by atoms with Crippen LogP contribution in [0.1, 0.15) is 0 Å². The molecular weight excluding hydrogens is 246 g/mol. The fraction of sp³-hybridized carbons (Fsp3) is 1.00. The Balaban J connectivity index is 0. The van der Waals surface area contributed by atoms with E-state index in [1.807, 2.05) is 0 Å². The lowest BCUT2D eigenvalue weighted by Gasteiger charge is -2.05. The van der Waals surface area contributed by atoms with E-state index < -0.39 is 25.6 Å². The summed E-state index contributed by atoms with van der Waals surface area (Å²) in [5, 5.41) is 0. The summed E-state index contributed by atoms with van der Waals surface area (Å²) in [6, 6.07) is 0. The van der Waals surface area contributed by atoms with Crippen LogP contribution < -0.4 is 5.73 Å². The van der Waals surface area contributed by atoms with Gasteiger partial charge in [0, 0.05) is 6.54 Å².